The fourth-order valence-corrected chi connectivity index (χ4v) is 6.24. The Morgan fingerprint density at radius 1 is 1.39 bits per heavy atom. The van der Waals surface area contributed by atoms with Crippen LogP contribution in [-0.2, 0) is 12.0 Å². The molecule has 0 spiro atoms. The fraction of sp³-hybridized carbons (Fsp3) is 0.536. The van der Waals surface area contributed by atoms with E-state index in [1.54, 1.807) is 0 Å². The number of carbonyl (C=O) groups is 1. The van der Waals surface area contributed by atoms with Gasteiger partial charge in [-0.3, -0.25) is 0 Å². The van der Waals surface area contributed by atoms with Gasteiger partial charge in [0.15, 0.2) is 0 Å². The number of benzene rings is 1. The highest BCUT2D eigenvalue weighted by Crippen LogP contribution is 2.43. The summed E-state index contributed by atoms with van der Waals surface area (Å²) < 4.78 is 8.38. The first-order valence-electron chi connectivity index (χ1n) is 12.6. The van der Waals surface area contributed by atoms with E-state index in [2.05, 4.69) is 55.5 Å². The molecule has 1 aromatic carbocycles. The zero-order valence-corrected chi connectivity index (χ0v) is 23.4. The van der Waals surface area contributed by atoms with Gasteiger partial charge in [0.25, 0.3) is 5.88 Å². The fourth-order valence-electron chi connectivity index (χ4n) is 5.29. The van der Waals surface area contributed by atoms with Gasteiger partial charge < -0.3 is 14.2 Å². The first-order valence-corrected chi connectivity index (χ1v) is 13.4. The van der Waals surface area contributed by atoms with Gasteiger partial charge in [0, 0.05) is 30.5 Å². The lowest BCUT2D eigenvalue weighted by Gasteiger charge is -2.39. The Hall–Kier alpha value is -2.79. The highest BCUT2D eigenvalue weighted by Gasteiger charge is 2.37. The van der Waals surface area contributed by atoms with Gasteiger partial charge in [-0.05, 0) is 64.7 Å². The summed E-state index contributed by atoms with van der Waals surface area (Å²) in [6, 6.07) is 6.17. The average Bonchev–Trinajstić information content (AvgIpc) is 3.38. The second-order valence-electron chi connectivity index (χ2n) is 11.3. The van der Waals surface area contributed by atoms with Crippen molar-refractivity contribution in [2.45, 2.75) is 78.7 Å². The number of amides is 1. The minimum absolute atomic E-state index is 0.0288. The summed E-state index contributed by atoms with van der Waals surface area (Å²) in [4.78, 5) is 18.2. The van der Waals surface area contributed by atoms with Crippen LogP contribution in [0.3, 0.4) is 0 Å². The second kappa shape index (κ2) is 10.3. The molecule has 0 saturated heterocycles. The molecule has 2 aromatic heterocycles. The van der Waals surface area contributed by atoms with Crippen LogP contribution in [0.15, 0.2) is 33.5 Å². The molecule has 1 amide bonds. The van der Waals surface area contributed by atoms with E-state index in [0.717, 1.165) is 55.2 Å². The van der Waals surface area contributed by atoms with E-state index < -0.39 is 6.09 Å². The lowest BCUT2D eigenvalue weighted by Crippen LogP contribution is -2.39. The van der Waals surface area contributed by atoms with Crippen molar-refractivity contribution < 1.29 is 14.4 Å². The van der Waals surface area contributed by atoms with Gasteiger partial charge in [-0.1, -0.05) is 58.0 Å². The van der Waals surface area contributed by atoms with Gasteiger partial charge in [0.2, 0.25) is 0 Å². The summed E-state index contributed by atoms with van der Waals surface area (Å²) in [6.07, 6.45) is 5.76. The van der Waals surface area contributed by atoms with E-state index in [1.807, 2.05) is 46.2 Å². The minimum atomic E-state index is -1.03. The number of rotatable bonds is 5. The predicted molar refractivity (Wildman–Crippen MR) is 145 cm³/mol. The molecule has 1 aliphatic rings. The molecule has 36 heavy (non-hydrogen) atoms. The molecule has 0 aliphatic heterocycles. The van der Waals surface area contributed by atoms with E-state index in [0.29, 0.717) is 16.7 Å². The van der Waals surface area contributed by atoms with Crippen LogP contribution in [0, 0.1) is 23.2 Å². The maximum atomic E-state index is 12.2. The molecule has 8 heteroatoms. The lowest BCUT2D eigenvalue weighted by atomic mass is 9.70. The zero-order chi connectivity index (χ0) is 26.1. The summed E-state index contributed by atoms with van der Waals surface area (Å²) in [5, 5.41) is 14.2. The third-order valence-corrected chi connectivity index (χ3v) is 7.72. The molecule has 0 bridgehead atoms. The highest BCUT2D eigenvalue weighted by molar-refractivity contribution is 9.10. The molecule has 192 valence electrons. The van der Waals surface area contributed by atoms with Crippen LogP contribution in [0.25, 0.3) is 11.0 Å². The van der Waals surface area contributed by atoms with Gasteiger partial charge >= 0.3 is 6.09 Å². The average molecular weight is 556 g/mol. The smallest absolute Gasteiger partial charge is 0.414 e. The molecule has 4 rings (SSSR count). The molecule has 2 unspecified atom stereocenters. The van der Waals surface area contributed by atoms with Crippen molar-refractivity contribution in [3.05, 3.63) is 40.3 Å². The van der Waals surface area contributed by atoms with Crippen LogP contribution >= 0.6 is 15.9 Å². The normalized spacial score (nSPS) is 20.2. The number of nitrogens with zero attached hydrogens (tertiary/aromatic N) is 4. The standard InChI is InChI=1S/C28H35BrN4O3/c1-6-7-9-19-11-12-21-22(14-19)32(18-30-21)17-28(5)13-8-10-20(15-28)16-33(26(34)35)25-23(29)24(31-36-25)27(2,3)4/h11-12,14,18,20H,6,8,10,13,15-17H2,1-5H3,(H,34,35). The SMILES string of the molecule is CCC#Cc1ccc2ncn(CC3(C)CCCC(CN(C(=O)O)c4onc(C(C)(C)C)c4Br)C3)c2c1. The highest BCUT2D eigenvalue weighted by atomic mass is 79.9. The van der Waals surface area contributed by atoms with E-state index >= 15 is 0 Å². The van der Waals surface area contributed by atoms with Crippen molar-refractivity contribution >= 4 is 38.9 Å². The molecule has 1 N–H and O–H groups in total. The summed E-state index contributed by atoms with van der Waals surface area (Å²) in [7, 11) is 0. The van der Waals surface area contributed by atoms with Crippen LogP contribution in [0.4, 0.5) is 10.7 Å². The zero-order valence-electron chi connectivity index (χ0n) is 21.8. The Morgan fingerprint density at radius 3 is 2.83 bits per heavy atom. The van der Waals surface area contributed by atoms with Gasteiger partial charge in [-0.15, -0.1) is 0 Å². The van der Waals surface area contributed by atoms with Crippen molar-refractivity contribution in [3.63, 3.8) is 0 Å². The molecule has 2 heterocycles. The molecule has 1 fully saturated rings. The van der Waals surface area contributed by atoms with Crippen molar-refractivity contribution in [1.29, 1.82) is 0 Å². The van der Waals surface area contributed by atoms with Crippen LogP contribution in [0.5, 0.6) is 0 Å². The van der Waals surface area contributed by atoms with Gasteiger partial charge in [-0.25, -0.2) is 14.7 Å². The summed E-state index contributed by atoms with van der Waals surface area (Å²) in [5.41, 5.74) is 3.54. The number of imidazole rings is 1. The van der Waals surface area contributed by atoms with E-state index in [-0.39, 0.29) is 22.6 Å². The number of carboxylic acid groups (broad SMARTS) is 1. The number of hydrogen-bond donors (Lipinski definition) is 1. The van der Waals surface area contributed by atoms with Crippen molar-refractivity contribution in [1.82, 2.24) is 14.7 Å². The molecule has 0 radical (unpaired) electrons. The van der Waals surface area contributed by atoms with Crippen molar-refractivity contribution in [2.24, 2.45) is 11.3 Å². The number of aromatic nitrogens is 3. The Labute approximate surface area is 221 Å². The topological polar surface area (TPSA) is 84.4 Å². The van der Waals surface area contributed by atoms with E-state index in [4.69, 9.17) is 4.52 Å². The van der Waals surface area contributed by atoms with Gasteiger partial charge in [0.1, 0.15) is 10.2 Å². The van der Waals surface area contributed by atoms with Crippen LogP contribution in [0.1, 0.15) is 78.0 Å². The first-order chi connectivity index (χ1) is 17.0. The van der Waals surface area contributed by atoms with Crippen LogP contribution in [0.2, 0.25) is 0 Å². The maximum Gasteiger partial charge on any atom is 0.414 e. The Balaban J connectivity index is 1.53. The van der Waals surface area contributed by atoms with E-state index in [9.17, 15) is 9.90 Å². The second-order valence-corrected chi connectivity index (χ2v) is 12.1. The molecule has 3 aromatic rings. The molecular weight excluding hydrogens is 520 g/mol. The number of fused-ring (bicyclic) bond motifs is 1. The number of hydrogen-bond acceptors (Lipinski definition) is 4. The molecule has 1 saturated carbocycles. The number of anilines is 1. The largest absolute Gasteiger partial charge is 0.465 e. The third kappa shape index (κ3) is 5.62. The Bertz CT molecular complexity index is 1310. The summed E-state index contributed by atoms with van der Waals surface area (Å²) >= 11 is 3.55. The molecule has 1 aliphatic carbocycles. The quantitative estimate of drug-likeness (QED) is 0.336. The molecular formula is C28H35BrN4O3. The van der Waals surface area contributed by atoms with Crippen LogP contribution < -0.4 is 4.90 Å². The van der Waals surface area contributed by atoms with E-state index in [1.165, 1.54) is 4.90 Å². The Kier molecular flexibility index (Phi) is 7.51. The Morgan fingerprint density at radius 2 is 2.17 bits per heavy atom. The van der Waals surface area contributed by atoms with Crippen LogP contribution in [-0.4, -0.2) is 32.5 Å². The third-order valence-electron chi connectivity index (χ3n) is 7.00. The van der Waals surface area contributed by atoms with Crippen molar-refractivity contribution in [3.8, 4) is 11.8 Å². The van der Waals surface area contributed by atoms with Gasteiger partial charge in [-0.2, -0.15) is 0 Å². The molecule has 7 nitrogen and oxygen atoms in total. The van der Waals surface area contributed by atoms with Crippen molar-refractivity contribution in [2.75, 3.05) is 11.4 Å². The number of halogens is 1. The first kappa shape index (κ1) is 26.3. The monoisotopic (exact) mass is 554 g/mol. The lowest BCUT2D eigenvalue weighted by molar-refractivity contribution is 0.135. The van der Waals surface area contributed by atoms with Gasteiger partial charge in [0.05, 0.1) is 17.4 Å². The summed E-state index contributed by atoms with van der Waals surface area (Å²) in [6.45, 7) is 11.6. The predicted octanol–water partition coefficient (Wildman–Crippen LogP) is 7.23. The maximum absolute atomic E-state index is 12.2. The summed E-state index contributed by atoms with van der Waals surface area (Å²) in [5.74, 6) is 6.84. The molecule has 2 atom stereocenters. The minimum Gasteiger partial charge on any atom is -0.465 e.